The van der Waals surface area contributed by atoms with Crippen molar-refractivity contribution in [3.63, 3.8) is 0 Å². The van der Waals surface area contributed by atoms with Crippen LogP contribution in [0, 0.1) is 6.92 Å². The van der Waals surface area contributed by atoms with E-state index in [4.69, 9.17) is 4.74 Å². The van der Waals surface area contributed by atoms with E-state index in [1.165, 1.54) is 4.31 Å². The number of amides is 1. The molecule has 0 unspecified atom stereocenters. The average Bonchev–Trinajstić information content (AvgIpc) is 2.56. The lowest BCUT2D eigenvalue weighted by Crippen LogP contribution is -2.33. The molecule has 0 heterocycles. The van der Waals surface area contributed by atoms with Crippen LogP contribution < -0.4 is 9.04 Å². The molecule has 0 fully saturated rings. The molecule has 0 N–H and O–H groups in total. The van der Waals surface area contributed by atoms with E-state index >= 15 is 0 Å². The highest BCUT2D eigenvalue weighted by Crippen LogP contribution is 2.25. The first-order valence-electron chi connectivity index (χ1n) is 7.06. The molecule has 23 heavy (non-hydrogen) atoms. The molecular weight excluding hydrogens is 310 g/mol. The van der Waals surface area contributed by atoms with Crippen LogP contribution in [0.2, 0.25) is 0 Å². The summed E-state index contributed by atoms with van der Waals surface area (Å²) in [5.74, 6) is 0.284. The van der Waals surface area contributed by atoms with Crippen LogP contribution in [-0.4, -0.2) is 17.2 Å². The summed E-state index contributed by atoms with van der Waals surface area (Å²) in [7, 11) is -0.0918. The summed E-state index contributed by atoms with van der Waals surface area (Å²) in [6.07, 6.45) is 0. The lowest BCUT2D eigenvalue weighted by atomic mass is 10.2. The summed E-state index contributed by atoms with van der Waals surface area (Å²) in [6.45, 7) is 7.23. The van der Waals surface area contributed by atoms with Gasteiger partial charge in [-0.3, -0.25) is 4.79 Å². The van der Waals surface area contributed by atoms with Crippen molar-refractivity contribution in [3.05, 3.63) is 66.2 Å². The zero-order valence-electron chi connectivity index (χ0n) is 13.4. The molecule has 0 bridgehead atoms. The molecule has 0 aliphatic carbocycles. The van der Waals surface area contributed by atoms with Crippen LogP contribution in [0.15, 0.2) is 65.6 Å². The molecule has 4 nitrogen and oxygen atoms in total. The van der Waals surface area contributed by atoms with Crippen LogP contribution >= 0.6 is 0 Å². The van der Waals surface area contributed by atoms with Crippen LogP contribution in [0.5, 0.6) is 5.75 Å². The maximum absolute atomic E-state index is 12.9. The number of hydrogen-bond acceptors (Lipinski definition) is 3. The Morgan fingerprint density at radius 2 is 1.65 bits per heavy atom. The molecule has 2 aromatic rings. The normalized spacial score (nSPS) is 11.6. The number of methoxy groups -OCH3 is 1. The summed E-state index contributed by atoms with van der Waals surface area (Å²) < 4.78 is 19.3. The van der Waals surface area contributed by atoms with Gasteiger partial charge >= 0.3 is 0 Å². The van der Waals surface area contributed by atoms with Gasteiger partial charge < -0.3 is 4.74 Å². The Morgan fingerprint density at radius 1 is 1.09 bits per heavy atom. The molecule has 2 rings (SSSR count). The number of ether oxygens (including phenoxy) is 1. The largest absolute Gasteiger partial charge is 0.497 e. The van der Waals surface area contributed by atoms with E-state index in [1.807, 2.05) is 19.1 Å². The first kappa shape index (κ1) is 17.0. The number of hydrogen-bond donors (Lipinski definition) is 0. The van der Waals surface area contributed by atoms with Gasteiger partial charge in [0.05, 0.1) is 17.7 Å². The van der Waals surface area contributed by atoms with Crippen molar-refractivity contribution < 1.29 is 13.7 Å². The average molecular weight is 329 g/mol. The Hall–Kier alpha value is -2.40. The summed E-state index contributed by atoms with van der Waals surface area (Å²) >= 11 is 0. The Bertz CT molecular complexity index is 736. The minimum atomic E-state index is -1.66. The number of aryl methyl sites for hydroxylation is 1. The van der Waals surface area contributed by atoms with Gasteiger partial charge in [-0.1, -0.05) is 24.3 Å². The number of anilines is 1. The van der Waals surface area contributed by atoms with E-state index in [2.05, 4.69) is 6.58 Å². The van der Waals surface area contributed by atoms with Gasteiger partial charge in [0, 0.05) is 5.57 Å². The van der Waals surface area contributed by atoms with Gasteiger partial charge in [0.1, 0.15) is 5.75 Å². The van der Waals surface area contributed by atoms with Crippen molar-refractivity contribution in [2.45, 2.75) is 18.7 Å². The summed E-state index contributed by atoms with van der Waals surface area (Å²) in [4.78, 5) is 13.0. The number of nitrogens with zero attached hydrogens (tertiary/aromatic N) is 1. The number of rotatable bonds is 5. The maximum Gasteiger partial charge on any atom is 0.265 e. The van der Waals surface area contributed by atoms with Crippen LogP contribution in [-0.2, 0) is 15.8 Å². The lowest BCUT2D eigenvalue weighted by molar-refractivity contribution is -0.113. The zero-order valence-corrected chi connectivity index (χ0v) is 14.2. The van der Waals surface area contributed by atoms with Crippen molar-refractivity contribution in [2.75, 3.05) is 11.4 Å². The van der Waals surface area contributed by atoms with Crippen molar-refractivity contribution in [3.8, 4) is 5.75 Å². The molecule has 0 aliphatic heterocycles. The van der Waals surface area contributed by atoms with Gasteiger partial charge in [0.15, 0.2) is 11.0 Å². The molecule has 1 atom stereocenters. The van der Waals surface area contributed by atoms with E-state index in [0.717, 1.165) is 5.56 Å². The Morgan fingerprint density at radius 3 is 2.13 bits per heavy atom. The smallest absolute Gasteiger partial charge is 0.265 e. The van der Waals surface area contributed by atoms with Crippen LogP contribution in [0.4, 0.5) is 5.69 Å². The molecule has 0 aromatic heterocycles. The van der Waals surface area contributed by atoms with Gasteiger partial charge in [-0.25, -0.2) is 8.51 Å². The molecule has 0 spiro atoms. The third-order valence-corrected chi connectivity index (χ3v) is 4.63. The first-order valence-corrected chi connectivity index (χ1v) is 8.17. The van der Waals surface area contributed by atoms with Crippen molar-refractivity contribution in [2.24, 2.45) is 0 Å². The minimum Gasteiger partial charge on any atom is -0.497 e. The quantitative estimate of drug-likeness (QED) is 0.787. The molecule has 2 aromatic carbocycles. The fraction of sp³-hybridized carbons (Fsp3) is 0.167. The van der Waals surface area contributed by atoms with Crippen molar-refractivity contribution >= 4 is 22.6 Å². The highest BCUT2D eigenvalue weighted by molar-refractivity contribution is 7.87. The highest BCUT2D eigenvalue weighted by atomic mass is 32.2. The molecule has 0 aliphatic rings. The second-order valence-corrected chi connectivity index (χ2v) is 6.47. The molecular formula is C18H19NO3S. The van der Waals surface area contributed by atoms with Gasteiger partial charge in [0.2, 0.25) is 0 Å². The van der Waals surface area contributed by atoms with Gasteiger partial charge in [-0.2, -0.15) is 0 Å². The summed E-state index contributed by atoms with van der Waals surface area (Å²) in [5, 5.41) is 0. The Kier molecular flexibility index (Phi) is 5.34. The third kappa shape index (κ3) is 3.87. The predicted octanol–water partition coefficient (Wildman–Crippen LogP) is 3.64. The molecule has 0 saturated heterocycles. The van der Waals surface area contributed by atoms with Gasteiger partial charge in [0.25, 0.3) is 5.91 Å². The van der Waals surface area contributed by atoms with Gasteiger partial charge in [-0.15, -0.1) is 0 Å². The Labute approximate surface area is 139 Å². The summed E-state index contributed by atoms with van der Waals surface area (Å²) in [5.41, 5.74) is 1.91. The molecule has 1 amide bonds. The van der Waals surface area contributed by atoms with E-state index in [0.29, 0.717) is 21.9 Å². The van der Waals surface area contributed by atoms with Crippen LogP contribution in [0.1, 0.15) is 12.5 Å². The second-order valence-electron chi connectivity index (χ2n) is 5.14. The third-order valence-electron chi connectivity index (χ3n) is 3.24. The van der Waals surface area contributed by atoms with E-state index in [1.54, 1.807) is 50.4 Å². The van der Waals surface area contributed by atoms with Crippen LogP contribution in [0.25, 0.3) is 0 Å². The molecule has 120 valence electrons. The van der Waals surface area contributed by atoms with E-state index in [9.17, 15) is 9.00 Å². The minimum absolute atomic E-state index is 0.321. The lowest BCUT2D eigenvalue weighted by Gasteiger charge is -2.22. The maximum atomic E-state index is 12.9. The van der Waals surface area contributed by atoms with Crippen LogP contribution in [0.3, 0.4) is 0 Å². The molecule has 5 heteroatoms. The molecule has 0 radical (unpaired) electrons. The van der Waals surface area contributed by atoms with E-state index < -0.39 is 11.0 Å². The molecule has 0 saturated carbocycles. The summed E-state index contributed by atoms with van der Waals surface area (Å²) in [6, 6.07) is 14.1. The van der Waals surface area contributed by atoms with Crippen molar-refractivity contribution in [1.82, 2.24) is 0 Å². The highest BCUT2D eigenvalue weighted by Gasteiger charge is 2.24. The number of benzene rings is 2. The zero-order chi connectivity index (χ0) is 17.0. The van der Waals surface area contributed by atoms with Gasteiger partial charge in [-0.05, 0) is 50.2 Å². The number of carbonyl (C=O) groups is 1. The fourth-order valence-corrected chi connectivity index (χ4v) is 3.14. The second kappa shape index (κ2) is 7.24. The number of carbonyl (C=O) groups excluding carboxylic acids is 1. The van der Waals surface area contributed by atoms with Crippen molar-refractivity contribution in [1.29, 1.82) is 0 Å². The monoisotopic (exact) mass is 329 g/mol. The first-order chi connectivity index (χ1) is 10.9. The predicted molar refractivity (Wildman–Crippen MR) is 92.9 cm³/mol. The van der Waals surface area contributed by atoms with E-state index in [-0.39, 0.29) is 5.91 Å². The fourth-order valence-electron chi connectivity index (χ4n) is 1.94. The SMILES string of the molecule is C=C(C)C(=O)N(c1ccc(OC)cc1)[S@@](=O)c1ccc(C)cc1. The topological polar surface area (TPSA) is 46.6 Å². The standard InChI is InChI=1S/C18H19NO3S/c1-13(2)18(20)19(15-7-9-16(22-4)10-8-15)23(21)17-11-5-14(3)6-12-17/h5-12H,1H2,2-4H3/t23-/m0/s1. The Balaban J connectivity index is 2.44.